The Bertz CT molecular complexity index is 802. The number of carbonyl (C=O) groups excluding carboxylic acids is 1. The van der Waals surface area contributed by atoms with E-state index < -0.39 is 0 Å². The van der Waals surface area contributed by atoms with Crippen LogP contribution in [0.3, 0.4) is 0 Å². The number of hydrogen-bond acceptors (Lipinski definition) is 7. The molecule has 2 aromatic heterocycles. The molecule has 0 spiro atoms. The van der Waals surface area contributed by atoms with Gasteiger partial charge >= 0.3 is 0 Å². The molecule has 9 nitrogen and oxygen atoms in total. The lowest BCUT2D eigenvalue weighted by Gasteiger charge is -2.23. The normalized spacial score (nSPS) is 16.0. The van der Waals surface area contributed by atoms with Crippen molar-refractivity contribution in [2.24, 2.45) is 0 Å². The van der Waals surface area contributed by atoms with Crippen molar-refractivity contribution < 1.29 is 9.53 Å². The number of H-pyrrole nitrogens is 1. The monoisotopic (exact) mass is 286 g/mol. The highest BCUT2D eigenvalue weighted by atomic mass is 16.5. The van der Waals surface area contributed by atoms with E-state index in [1.165, 1.54) is 12.7 Å². The maximum absolute atomic E-state index is 11.8. The van der Waals surface area contributed by atoms with Crippen LogP contribution in [0.25, 0.3) is 0 Å². The summed E-state index contributed by atoms with van der Waals surface area (Å²) >= 11 is 0. The molecule has 4 rings (SSSR count). The van der Waals surface area contributed by atoms with Crippen LogP contribution in [0.1, 0.15) is 11.3 Å². The van der Waals surface area contributed by atoms with Gasteiger partial charge in [0.1, 0.15) is 12.0 Å². The Kier molecular flexibility index (Phi) is 2.40. The van der Waals surface area contributed by atoms with Gasteiger partial charge in [0.2, 0.25) is 5.88 Å². The van der Waals surface area contributed by atoms with E-state index in [0.29, 0.717) is 41.7 Å². The Labute approximate surface area is 118 Å². The van der Waals surface area contributed by atoms with Crippen LogP contribution in [0.4, 0.5) is 11.5 Å². The highest BCUT2D eigenvalue weighted by molar-refractivity contribution is 5.98. The average Bonchev–Trinajstić information content (AvgIpc) is 2.92. The minimum absolute atomic E-state index is 0.0646. The molecule has 0 unspecified atom stereocenters. The quantitative estimate of drug-likeness (QED) is 0.720. The predicted molar refractivity (Wildman–Crippen MR) is 70.9 cm³/mol. The Balaban J connectivity index is 1.75. The molecule has 2 N–H and O–H groups in total. The topological polar surface area (TPSA) is 113 Å². The fourth-order valence-corrected chi connectivity index (χ4v) is 2.47. The van der Waals surface area contributed by atoms with Crippen LogP contribution in [0.2, 0.25) is 0 Å². The lowest BCUT2D eigenvalue weighted by atomic mass is 10.3. The predicted octanol–water partition coefficient (Wildman–Crippen LogP) is -0.589. The Hall–Kier alpha value is -2.97. The first-order valence-electron chi connectivity index (χ1n) is 6.30. The van der Waals surface area contributed by atoms with Crippen LogP contribution in [0.15, 0.2) is 17.4 Å². The molecule has 106 valence electrons. The molecule has 0 aliphatic carbocycles. The van der Waals surface area contributed by atoms with Gasteiger partial charge in [-0.2, -0.15) is 4.98 Å². The molecule has 0 aromatic carbocycles. The number of carbonyl (C=O) groups is 1. The summed E-state index contributed by atoms with van der Waals surface area (Å²) in [5.41, 5.74) is 1.57. The van der Waals surface area contributed by atoms with Crippen LogP contribution >= 0.6 is 0 Å². The summed E-state index contributed by atoms with van der Waals surface area (Å²) in [7, 11) is 0. The van der Waals surface area contributed by atoms with E-state index in [9.17, 15) is 9.59 Å². The second kappa shape index (κ2) is 4.27. The van der Waals surface area contributed by atoms with Gasteiger partial charge < -0.3 is 19.9 Å². The second-order valence-corrected chi connectivity index (χ2v) is 4.73. The zero-order valence-electron chi connectivity index (χ0n) is 10.8. The maximum Gasteiger partial charge on any atom is 0.262 e. The van der Waals surface area contributed by atoms with Gasteiger partial charge in [0.05, 0.1) is 30.7 Å². The average molecular weight is 286 g/mol. The van der Waals surface area contributed by atoms with Gasteiger partial charge in [0.25, 0.3) is 11.5 Å². The van der Waals surface area contributed by atoms with Crippen molar-refractivity contribution in [2.45, 2.75) is 13.1 Å². The number of aromatic nitrogens is 4. The number of ether oxygens (including phenoxy) is 1. The molecule has 1 amide bonds. The lowest BCUT2D eigenvalue weighted by molar-refractivity contribution is -0.118. The van der Waals surface area contributed by atoms with Crippen LogP contribution in [-0.4, -0.2) is 32.4 Å². The third-order valence-electron chi connectivity index (χ3n) is 3.42. The molecule has 21 heavy (non-hydrogen) atoms. The summed E-state index contributed by atoms with van der Waals surface area (Å²) in [6.07, 6.45) is 2.75. The SMILES string of the molecule is O=C1COc2ncnc(N3Cc4nc[nH]c(=O)c4C3)c2N1. The van der Waals surface area contributed by atoms with Crippen molar-refractivity contribution >= 4 is 17.4 Å². The Morgan fingerprint density at radius 1 is 1.19 bits per heavy atom. The molecule has 2 aromatic rings. The van der Waals surface area contributed by atoms with Crippen molar-refractivity contribution in [2.75, 3.05) is 16.8 Å². The zero-order valence-corrected chi connectivity index (χ0v) is 10.8. The maximum atomic E-state index is 11.8. The summed E-state index contributed by atoms with van der Waals surface area (Å²) in [6, 6.07) is 0. The number of nitrogens with one attached hydrogen (secondary N) is 2. The first-order valence-corrected chi connectivity index (χ1v) is 6.30. The third kappa shape index (κ3) is 1.82. The smallest absolute Gasteiger partial charge is 0.262 e. The van der Waals surface area contributed by atoms with Crippen LogP contribution in [0.5, 0.6) is 5.88 Å². The minimum atomic E-state index is -0.258. The lowest BCUT2D eigenvalue weighted by Crippen LogP contribution is -2.29. The number of amides is 1. The zero-order chi connectivity index (χ0) is 14.4. The van der Waals surface area contributed by atoms with E-state index in [1.54, 1.807) is 0 Å². The van der Waals surface area contributed by atoms with Crippen molar-refractivity contribution in [1.82, 2.24) is 19.9 Å². The summed E-state index contributed by atoms with van der Waals surface area (Å²) in [4.78, 5) is 40.0. The first-order chi connectivity index (χ1) is 10.2. The molecule has 0 saturated heterocycles. The number of fused-ring (bicyclic) bond motifs is 2. The standard InChI is InChI=1S/C12H10N6O3/c19-8-3-21-12-9(17-8)10(14-5-16-12)18-1-6-7(2-18)13-4-15-11(6)20/h4-5H,1-3H2,(H,17,19)(H,13,15,20). The van der Waals surface area contributed by atoms with E-state index >= 15 is 0 Å². The van der Waals surface area contributed by atoms with Crippen molar-refractivity contribution in [3.8, 4) is 5.88 Å². The van der Waals surface area contributed by atoms with Crippen LogP contribution in [0, 0.1) is 0 Å². The molecular formula is C12H10N6O3. The fraction of sp³-hybridized carbons (Fsp3) is 0.250. The summed E-state index contributed by atoms with van der Waals surface area (Å²) in [5.74, 6) is 0.592. The molecule has 0 saturated carbocycles. The Morgan fingerprint density at radius 2 is 2.10 bits per heavy atom. The van der Waals surface area contributed by atoms with Crippen molar-refractivity contribution in [3.05, 3.63) is 34.3 Å². The van der Waals surface area contributed by atoms with Crippen molar-refractivity contribution in [1.29, 1.82) is 0 Å². The van der Waals surface area contributed by atoms with Gasteiger partial charge in [-0.1, -0.05) is 0 Å². The van der Waals surface area contributed by atoms with E-state index in [0.717, 1.165) is 0 Å². The number of hydrogen-bond donors (Lipinski definition) is 2. The number of rotatable bonds is 1. The second-order valence-electron chi connectivity index (χ2n) is 4.73. The van der Waals surface area contributed by atoms with Gasteiger partial charge in [-0.3, -0.25) is 9.59 Å². The van der Waals surface area contributed by atoms with E-state index in [2.05, 4.69) is 25.3 Å². The van der Waals surface area contributed by atoms with E-state index in [1.807, 2.05) is 4.90 Å². The minimum Gasteiger partial charge on any atom is -0.466 e. The highest BCUT2D eigenvalue weighted by Crippen LogP contribution is 2.36. The van der Waals surface area contributed by atoms with Crippen molar-refractivity contribution in [3.63, 3.8) is 0 Å². The number of aromatic amines is 1. The fourth-order valence-electron chi connectivity index (χ4n) is 2.47. The first kappa shape index (κ1) is 11.8. The van der Waals surface area contributed by atoms with Gasteiger partial charge in [-0.25, -0.2) is 9.97 Å². The molecule has 0 bridgehead atoms. The molecule has 2 aliphatic heterocycles. The highest BCUT2D eigenvalue weighted by Gasteiger charge is 2.29. The molecule has 0 fully saturated rings. The molecule has 4 heterocycles. The number of nitrogens with zero attached hydrogens (tertiary/aromatic N) is 4. The largest absolute Gasteiger partial charge is 0.466 e. The molecule has 9 heteroatoms. The van der Waals surface area contributed by atoms with Crippen LogP contribution in [-0.2, 0) is 17.9 Å². The Morgan fingerprint density at radius 3 is 2.95 bits per heavy atom. The third-order valence-corrected chi connectivity index (χ3v) is 3.42. The molecule has 0 atom stereocenters. The number of anilines is 2. The summed E-state index contributed by atoms with van der Waals surface area (Å²) < 4.78 is 5.26. The van der Waals surface area contributed by atoms with E-state index in [-0.39, 0.29) is 18.1 Å². The molecular weight excluding hydrogens is 276 g/mol. The van der Waals surface area contributed by atoms with E-state index in [4.69, 9.17) is 4.74 Å². The molecule has 2 aliphatic rings. The summed E-state index contributed by atoms with van der Waals surface area (Å²) in [5, 5.41) is 2.71. The van der Waals surface area contributed by atoms with Gasteiger partial charge in [-0.15, -0.1) is 0 Å². The van der Waals surface area contributed by atoms with Gasteiger partial charge in [-0.05, 0) is 0 Å². The van der Waals surface area contributed by atoms with Gasteiger partial charge in [0.15, 0.2) is 12.4 Å². The molecule has 0 radical (unpaired) electrons. The van der Waals surface area contributed by atoms with Crippen LogP contribution < -0.4 is 20.5 Å². The van der Waals surface area contributed by atoms with Gasteiger partial charge in [0, 0.05) is 0 Å². The summed E-state index contributed by atoms with van der Waals surface area (Å²) in [6.45, 7) is 0.751.